The monoisotopic (exact) mass is 311 g/mol. The van der Waals surface area contributed by atoms with Gasteiger partial charge in [-0.3, -0.25) is 4.90 Å². The number of alkyl halides is 1. The summed E-state index contributed by atoms with van der Waals surface area (Å²) in [7, 11) is 0. The number of hydrogen-bond donors (Lipinski definition) is 0. The first-order valence-corrected chi connectivity index (χ1v) is 8.77. The van der Waals surface area contributed by atoms with Gasteiger partial charge in [0.25, 0.3) is 0 Å². The van der Waals surface area contributed by atoms with Crippen LogP contribution in [0.2, 0.25) is 0 Å². The number of hydrogen-bond acceptors (Lipinski definition) is 3. The lowest BCUT2D eigenvalue weighted by Crippen LogP contribution is -2.54. The van der Waals surface area contributed by atoms with Crippen molar-refractivity contribution in [1.82, 2.24) is 4.90 Å². The largest absolute Gasteiger partial charge is 0.368 e. The van der Waals surface area contributed by atoms with Gasteiger partial charge in [0.05, 0.1) is 11.7 Å². The molecule has 110 valence electrons. The van der Waals surface area contributed by atoms with Crippen molar-refractivity contribution >= 4 is 23.4 Å². The fourth-order valence-electron chi connectivity index (χ4n) is 3.33. The lowest BCUT2D eigenvalue weighted by molar-refractivity contribution is -0.127. The molecule has 2 unspecified atom stereocenters. The van der Waals surface area contributed by atoms with Crippen molar-refractivity contribution in [2.75, 3.05) is 31.3 Å². The van der Waals surface area contributed by atoms with Crippen LogP contribution in [0.1, 0.15) is 25.3 Å². The van der Waals surface area contributed by atoms with Crippen molar-refractivity contribution in [3.05, 3.63) is 29.8 Å². The molecule has 2 nitrogen and oxygen atoms in total. The normalized spacial score (nSPS) is 29.4. The van der Waals surface area contributed by atoms with Crippen molar-refractivity contribution in [1.29, 1.82) is 0 Å². The molecule has 0 aliphatic carbocycles. The van der Waals surface area contributed by atoms with Gasteiger partial charge >= 0.3 is 0 Å². The van der Waals surface area contributed by atoms with Crippen LogP contribution in [0.3, 0.4) is 0 Å². The molecule has 1 aromatic carbocycles. The van der Waals surface area contributed by atoms with E-state index in [0.29, 0.717) is 11.8 Å². The summed E-state index contributed by atoms with van der Waals surface area (Å²) >= 11 is 8.00. The average Bonchev–Trinajstić information content (AvgIpc) is 2.80. The summed E-state index contributed by atoms with van der Waals surface area (Å²) in [5.41, 5.74) is 1.42. The van der Waals surface area contributed by atoms with E-state index >= 15 is 0 Å². The lowest BCUT2D eigenvalue weighted by Gasteiger charge is -2.43. The van der Waals surface area contributed by atoms with Gasteiger partial charge in [-0.2, -0.15) is 0 Å². The first-order valence-electron chi connectivity index (χ1n) is 7.25. The molecule has 1 aromatic rings. The zero-order valence-electron chi connectivity index (χ0n) is 12.1. The molecule has 1 fully saturated rings. The maximum absolute atomic E-state index is 6.01. The van der Waals surface area contributed by atoms with Gasteiger partial charge in [-0.05, 0) is 25.5 Å². The van der Waals surface area contributed by atoms with E-state index in [2.05, 4.69) is 43.0 Å². The number of fused-ring (bicyclic) bond motifs is 1. The summed E-state index contributed by atoms with van der Waals surface area (Å²) in [4.78, 5) is 3.99. The summed E-state index contributed by atoms with van der Waals surface area (Å²) < 4.78 is 6.01. The third-order valence-electron chi connectivity index (χ3n) is 4.00. The van der Waals surface area contributed by atoms with Gasteiger partial charge in [-0.25, -0.2) is 0 Å². The molecule has 0 N–H and O–H groups in total. The zero-order valence-corrected chi connectivity index (χ0v) is 13.7. The van der Waals surface area contributed by atoms with Gasteiger partial charge in [0, 0.05) is 42.1 Å². The SMILES string of the molecule is CC1(C)CN(CC2CSc3ccccc32)CC(CCl)O1. The molecule has 2 atom stereocenters. The van der Waals surface area contributed by atoms with Crippen molar-refractivity contribution in [2.45, 2.75) is 36.4 Å². The summed E-state index contributed by atoms with van der Waals surface area (Å²) in [6.07, 6.45) is 0.157. The van der Waals surface area contributed by atoms with E-state index in [1.807, 2.05) is 11.8 Å². The molecular formula is C16H22ClNOS. The van der Waals surface area contributed by atoms with E-state index in [-0.39, 0.29) is 11.7 Å². The molecule has 4 heteroatoms. The van der Waals surface area contributed by atoms with Crippen molar-refractivity contribution in [3.8, 4) is 0 Å². The van der Waals surface area contributed by atoms with Crippen molar-refractivity contribution in [3.63, 3.8) is 0 Å². The first-order chi connectivity index (χ1) is 9.57. The van der Waals surface area contributed by atoms with Gasteiger partial charge in [-0.1, -0.05) is 18.2 Å². The van der Waals surface area contributed by atoms with Gasteiger partial charge < -0.3 is 4.74 Å². The quantitative estimate of drug-likeness (QED) is 0.792. The molecule has 2 heterocycles. The molecule has 0 radical (unpaired) electrons. The predicted octanol–water partition coefficient (Wildman–Crippen LogP) is 3.59. The summed E-state index contributed by atoms with van der Waals surface area (Å²) in [6, 6.07) is 8.81. The Balaban J connectivity index is 1.69. The minimum atomic E-state index is -0.0942. The highest BCUT2D eigenvalue weighted by atomic mass is 35.5. The zero-order chi connectivity index (χ0) is 14.2. The summed E-state index contributed by atoms with van der Waals surface area (Å²) in [6.45, 7) is 7.39. The molecule has 0 amide bonds. The fraction of sp³-hybridized carbons (Fsp3) is 0.625. The number of halogens is 1. The Bertz CT molecular complexity index is 479. The van der Waals surface area contributed by atoms with Crippen LogP contribution in [0.25, 0.3) is 0 Å². The van der Waals surface area contributed by atoms with E-state index in [0.717, 1.165) is 19.6 Å². The molecule has 0 bridgehead atoms. The highest BCUT2D eigenvalue weighted by Gasteiger charge is 2.35. The van der Waals surface area contributed by atoms with Crippen LogP contribution in [0.4, 0.5) is 0 Å². The Kier molecular flexibility index (Phi) is 4.32. The Hall–Kier alpha value is -0.220. The molecule has 3 rings (SSSR count). The Labute approximate surface area is 130 Å². The highest BCUT2D eigenvalue weighted by molar-refractivity contribution is 7.99. The molecule has 0 aromatic heterocycles. The Morgan fingerprint density at radius 1 is 1.40 bits per heavy atom. The second-order valence-corrected chi connectivity index (χ2v) is 7.76. The molecule has 20 heavy (non-hydrogen) atoms. The van der Waals surface area contributed by atoms with E-state index in [4.69, 9.17) is 16.3 Å². The van der Waals surface area contributed by atoms with Crippen LogP contribution in [0, 0.1) is 0 Å². The van der Waals surface area contributed by atoms with E-state index in [9.17, 15) is 0 Å². The lowest BCUT2D eigenvalue weighted by atomic mass is 9.98. The Morgan fingerprint density at radius 2 is 2.20 bits per heavy atom. The summed E-state index contributed by atoms with van der Waals surface area (Å²) in [5, 5.41) is 0. The highest BCUT2D eigenvalue weighted by Crippen LogP contribution is 2.40. The van der Waals surface area contributed by atoms with Crippen LogP contribution in [0.5, 0.6) is 0 Å². The first kappa shape index (κ1) is 14.7. The van der Waals surface area contributed by atoms with Gasteiger partial charge in [0.2, 0.25) is 0 Å². The maximum atomic E-state index is 6.01. The number of ether oxygens (including phenoxy) is 1. The third kappa shape index (κ3) is 3.16. The number of nitrogens with zero attached hydrogens (tertiary/aromatic N) is 1. The topological polar surface area (TPSA) is 12.5 Å². The smallest absolute Gasteiger partial charge is 0.0844 e. The van der Waals surface area contributed by atoms with Crippen LogP contribution in [-0.4, -0.2) is 47.9 Å². The fourth-order valence-corrected chi connectivity index (χ4v) is 4.73. The molecule has 0 saturated carbocycles. The van der Waals surface area contributed by atoms with Crippen LogP contribution < -0.4 is 0 Å². The molecule has 1 saturated heterocycles. The predicted molar refractivity (Wildman–Crippen MR) is 86.0 cm³/mol. The van der Waals surface area contributed by atoms with E-state index in [1.165, 1.54) is 16.2 Å². The maximum Gasteiger partial charge on any atom is 0.0844 e. The number of rotatable bonds is 3. The van der Waals surface area contributed by atoms with Crippen LogP contribution in [-0.2, 0) is 4.74 Å². The molecular weight excluding hydrogens is 290 g/mol. The molecule has 0 spiro atoms. The average molecular weight is 312 g/mol. The van der Waals surface area contributed by atoms with Crippen molar-refractivity contribution in [2.24, 2.45) is 0 Å². The summed E-state index contributed by atoms with van der Waals surface area (Å²) in [5.74, 6) is 2.42. The molecule has 2 aliphatic heterocycles. The number of thioether (sulfide) groups is 1. The van der Waals surface area contributed by atoms with E-state index < -0.39 is 0 Å². The third-order valence-corrected chi connectivity index (χ3v) is 5.60. The number of morpholine rings is 1. The minimum Gasteiger partial charge on any atom is -0.368 e. The van der Waals surface area contributed by atoms with Crippen molar-refractivity contribution < 1.29 is 4.74 Å². The van der Waals surface area contributed by atoms with Crippen LogP contribution in [0.15, 0.2) is 29.2 Å². The van der Waals surface area contributed by atoms with Gasteiger partial charge in [0.15, 0.2) is 0 Å². The van der Waals surface area contributed by atoms with Crippen LogP contribution >= 0.6 is 23.4 Å². The minimum absolute atomic E-state index is 0.0942. The Morgan fingerprint density at radius 3 is 3.00 bits per heavy atom. The number of benzene rings is 1. The van der Waals surface area contributed by atoms with E-state index in [1.54, 1.807) is 0 Å². The second kappa shape index (κ2) is 5.88. The molecule has 2 aliphatic rings. The second-order valence-electron chi connectivity index (χ2n) is 6.39. The van der Waals surface area contributed by atoms with Gasteiger partial charge in [0.1, 0.15) is 0 Å². The van der Waals surface area contributed by atoms with Gasteiger partial charge in [-0.15, -0.1) is 23.4 Å². The standard InChI is InChI=1S/C16H22ClNOS/c1-16(2)11-18(9-13(7-17)19-16)8-12-10-20-15-6-4-3-5-14(12)15/h3-6,12-13H,7-11H2,1-2H3.